The van der Waals surface area contributed by atoms with Crippen molar-refractivity contribution < 1.29 is 14.3 Å². The Morgan fingerprint density at radius 3 is 2.44 bits per heavy atom. The molecule has 0 aromatic rings. The van der Waals surface area contributed by atoms with Gasteiger partial charge in [-0.15, -0.1) is 0 Å². The highest BCUT2D eigenvalue weighted by Crippen LogP contribution is 2.12. The van der Waals surface area contributed by atoms with Crippen molar-refractivity contribution in [2.75, 3.05) is 0 Å². The Morgan fingerprint density at radius 1 is 1.56 bits per heavy atom. The fourth-order valence-corrected chi connectivity index (χ4v) is 0.654. The summed E-state index contributed by atoms with van der Waals surface area (Å²) in [4.78, 5) is 20.9. The van der Waals surface area contributed by atoms with Crippen LogP contribution in [0, 0.1) is 0 Å². The van der Waals surface area contributed by atoms with Crippen molar-refractivity contribution in [2.24, 2.45) is 0 Å². The third kappa shape index (κ3) is 0.988. The number of allylic oxidation sites excluding steroid dienone is 2. The summed E-state index contributed by atoms with van der Waals surface area (Å²) in [5.74, 6) is -0.490. The Balaban J connectivity index is 2.81. The van der Waals surface area contributed by atoms with E-state index in [1.807, 2.05) is 0 Å². The van der Waals surface area contributed by atoms with E-state index in [-0.39, 0.29) is 18.0 Å². The van der Waals surface area contributed by atoms with Crippen LogP contribution in [0.5, 0.6) is 0 Å². The molecular formula is C6H6O3. The smallest absolute Gasteiger partial charge is 0.319 e. The fraction of sp³-hybridized carbons (Fsp3) is 0.333. The number of ketones is 1. The van der Waals surface area contributed by atoms with Gasteiger partial charge in [-0.25, -0.2) is 0 Å². The lowest BCUT2D eigenvalue weighted by Crippen LogP contribution is -1.90. The van der Waals surface area contributed by atoms with Crippen LogP contribution in [-0.4, -0.2) is 11.8 Å². The summed E-state index contributed by atoms with van der Waals surface area (Å²) in [6.07, 6.45) is 1.40. The zero-order valence-corrected chi connectivity index (χ0v) is 5.01. The number of rotatable bonds is 0. The van der Waals surface area contributed by atoms with Crippen LogP contribution in [0.15, 0.2) is 11.8 Å². The maximum absolute atomic E-state index is 10.6. The number of ether oxygens (including phenoxy) is 1. The number of carbonyl (C=O) groups excluding carboxylic acids is 2. The minimum absolute atomic E-state index is 0.0975. The number of hydrogen-bond donors (Lipinski definition) is 0. The summed E-state index contributed by atoms with van der Waals surface area (Å²) in [7, 11) is 0. The van der Waals surface area contributed by atoms with Gasteiger partial charge in [0.15, 0.2) is 5.76 Å². The summed E-state index contributed by atoms with van der Waals surface area (Å²) in [5, 5.41) is 0. The van der Waals surface area contributed by atoms with Crippen LogP contribution in [-0.2, 0) is 14.3 Å². The van der Waals surface area contributed by atoms with Gasteiger partial charge in [0.05, 0.1) is 0 Å². The van der Waals surface area contributed by atoms with Crippen LogP contribution in [0.1, 0.15) is 13.3 Å². The minimum atomic E-state index is -0.451. The maximum atomic E-state index is 10.6. The van der Waals surface area contributed by atoms with Crippen molar-refractivity contribution in [3.8, 4) is 0 Å². The molecule has 0 N–H and O–H groups in total. The fourth-order valence-electron chi connectivity index (χ4n) is 0.654. The van der Waals surface area contributed by atoms with E-state index in [1.165, 1.54) is 6.08 Å². The predicted octanol–water partition coefficient (Wildman–Crippen LogP) is 0.406. The number of Topliss-reactive ketones (excluding diaryl/α,β-unsaturated/α-hetero) is 1. The van der Waals surface area contributed by atoms with E-state index in [9.17, 15) is 9.59 Å². The second-order valence-corrected chi connectivity index (χ2v) is 1.73. The monoisotopic (exact) mass is 126 g/mol. The highest BCUT2D eigenvalue weighted by Gasteiger charge is 2.25. The lowest BCUT2D eigenvalue weighted by atomic mass is 10.3. The lowest BCUT2D eigenvalue weighted by molar-refractivity contribution is -0.135. The average molecular weight is 126 g/mol. The van der Waals surface area contributed by atoms with E-state index in [0.717, 1.165) is 0 Å². The van der Waals surface area contributed by atoms with Gasteiger partial charge in [0, 0.05) is 0 Å². The van der Waals surface area contributed by atoms with Crippen LogP contribution >= 0.6 is 0 Å². The SMILES string of the molecule is C/C=C1\OC(=O)CC1=O. The molecule has 48 valence electrons. The van der Waals surface area contributed by atoms with Crippen molar-refractivity contribution in [3.63, 3.8) is 0 Å². The molecule has 0 bridgehead atoms. The molecule has 3 heteroatoms. The van der Waals surface area contributed by atoms with Crippen molar-refractivity contribution >= 4 is 11.8 Å². The molecule has 1 fully saturated rings. The molecule has 0 aromatic carbocycles. The molecule has 0 saturated carbocycles. The molecule has 0 atom stereocenters. The zero-order valence-electron chi connectivity index (χ0n) is 5.01. The van der Waals surface area contributed by atoms with Gasteiger partial charge in [0.1, 0.15) is 6.42 Å². The Kier molecular flexibility index (Phi) is 1.34. The minimum Gasteiger partial charge on any atom is -0.423 e. The summed E-state index contributed by atoms with van der Waals surface area (Å²) in [6.45, 7) is 1.66. The van der Waals surface area contributed by atoms with Gasteiger partial charge in [-0.05, 0) is 13.0 Å². The second kappa shape index (κ2) is 2.01. The second-order valence-electron chi connectivity index (χ2n) is 1.73. The lowest BCUT2D eigenvalue weighted by Gasteiger charge is -1.87. The van der Waals surface area contributed by atoms with Gasteiger partial charge in [-0.1, -0.05) is 0 Å². The number of esters is 1. The highest BCUT2D eigenvalue weighted by molar-refractivity contribution is 6.10. The first kappa shape index (κ1) is 6.01. The predicted molar refractivity (Wildman–Crippen MR) is 29.5 cm³/mol. The molecule has 0 aromatic heterocycles. The molecule has 0 aliphatic carbocycles. The molecule has 0 unspecified atom stereocenters. The van der Waals surface area contributed by atoms with E-state index in [4.69, 9.17) is 0 Å². The molecular weight excluding hydrogens is 120 g/mol. The quantitative estimate of drug-likeness (QED) is 0.268. The summed E-state index contributed by atoms with van der Waals surface area (Å²) in [6, 6.07) is 0. The maximum Gasteiger partial charge on any atom is 0.319 e. The largest absolute Gasteiger partial charge is 0.423 e. The molecule has 0 spiro atoms. The summed E-state index contributed by atoms with van der Waals surface area (Å²) >= 11 is 0. The Labute approximate surface area is 52.3 Å². The number of hydrogen-bond acceptors (Lipinski definition) is 3. The van der Waals surface area contributed by atoms with Crippen LogP contribution < -0.4 is 0 Å². The van der Waals surface area contributed by atoms with Gasteiger partial charge in [0.25, 0.3) is 0 Å². The van der Waals surface area contributed by atoms with Crippen LogP contribution in [0.25, 0.3) is 0 Å². The van der Waals surface area contributed by atoms with E-state index in [0.29, 0.717) is 0 Å². The first-order chi connectivity index (χ1) is 4.24. The molecule has 1 heterocycles. The van der Waals surface area contributed by atoms with Crippen molar-refractivity contribution in [3.05, 3.63) is 11.8 Å². The van der Waals surface area contributed by atoms with E-state index in [1.54, 1.807) is 6.92 Å². The first-order valence-corrected chi connectivity index (χ1v) is 2.64. The third-order valence-electron chi connectivity index (χ3n) is 1.07. The molecule has 9 heavy (non-hydrogen) atoms. The first-order valence-electron chi connectivity index (χ1n) is 2.64. The van der Waals surface area contributed by atoms with Gasteiger partial charge in [-0.2, -0.15) is 0 Å². The molecule has 3 nitrogen and oxygen atoms in total. The van der Waals surface area contributed by atoms with E-state index in [2.05, 4.69) is 4.74 Å². The Hall–Kier alpha value is -1.12. The summed E-state index contributed by atoms with van der Waals surface area (Å²) in [5.41, 5.74) is 0. The summed E-state index contributed by atoms with van der Waals surface area (Å²) < 4.78 is 4.50. The van der Waals surface area contributed by atoms with Crippen molar-refractivity contribution in [1.29, 1.82) is 0 Å². The number of cyclic esters (lactones) is 1. The molecule has 1 aliphatic heterocycles. The topological polar surface area (TPSA) is 43.4 Å². The van der Waals surface area contributed by atoms with Gasteiger partial charge in [-0.3, -0.25) is 9.59 Å². The van der Waals surface area contributed by atoms with E-state index >= 15 is 0 Å². The molecule has 1 aliphatic rings. The molecule has 0 amide bonds. The van der Waals surface area contributed by atoms with Gasteiger partial charge < -0.3 is 4.74 Å². The van der Waals surface area contributed by atoms with Crippen LogP contribution in [0.2, 0.25) is 0 Å². The molecule has 0 radical (unpaired) electrons. The molecule has 1 saturated heterocycles. The standard InChI is InChI=1S/C6H6O3/c1-2-5-4(7)3-6(8)9-5/h2H,3H2,1H3/b5-2-. The Bertz CT molecular complexity index is 190. The Morgan fingerprint density at radius 2 is 2.22 bits per heavy atom. The van der Waals surface area contributed by atoms with Crippen LogP contribution in [0.3, 0.4) is 0 Å². The zero-order chi connectivity index (χ0) is 6.85. The third-order valence-corrected chi connectivity index (χ3v) is 1.07. The van der Waals surface area contributed by atoms with Crippen molar-refractivity contribution in [2.45, 2.75) is 13.3 Å². The average Bonchev–Trinajstić information content (AvgIpc) is 2.10. The molecule has 1 rings (SSSR count). The normalized spacial score (nSPS) is 23.0. The van der Waals surface area contributed by atoms with Gasteiger partial charge >= 0.3 is 5.97 Å². The van der Waals surface area contributed by atoms with Crippen molar-refractivity contribution in [1.82, 2.24) is 0 Å². The van der Waals surface area contributed by atoms with E-state index < -0.39 is 5.97 Å². The van der Waals surface area contributed by atoms with Crippen LogP contribution in [0.4, 0.5) is 0 Å². The number of carbonyl (C=O) groups is 2. The van der Waals surface area contributed by atoms with Gasteiger partial charge in [0.2, 0.25) is 5.78 Å². The highest BCUT2D eigenvalue weighted by atomic mass is 16.5.